The van der Waals surface area contributed by atoms with E-state index in [4.69, 9.17) is 0 Å². The van der Waals surface area contributed by atoms with Crippen LogP contribution in [0, 0.1) is 5.92 Å². The molecule has 0 bridgehead atoms. The van der Waals surface area contributed by atoms with Crippen molar-refractivity contribution in [3.8, 4) is 0 Å². The standard InChI is InChI=1S/C18H29NO2/c1-12(2)14-7-9-15(10-8-14)16(13(3)4)17(20)19-11-18(5,6)21/h7-10,12-13,16,21H,11H2,1-6H3,(H,19,20). The SMILES string of the molecule is CC(C)c1ccc(C(C(=O)NCC(C)(C)O)C(C)C)cc1. The summed E-state index contributed by atoms with van der Waals surface area (Å²) in [5, 5.41) is 12.6. The maximum absolute atomic E-state index is 12.4. The molecule has 3 nitrogen and oxygen atoms in total. The Morgan fingerprint density at radius 3 is 1.95 bits per heavy atom. The third kappa shape index (κ3) is 5.50. The van der Waals surface area contributed by atoms with Gasteiger partial charge in [0, 0.05) is 6.54 Å². The van der Waals surface area contributed by atoms with Crippen molar-refractivity contribution in [3.63, 3.8) is 0 Å². The van der Waals surface area contributed by atoms with Gasteiger partial charge in [-0.05, 0) is 36.8 Å². The molecule has 0 heterocycles. The first-order valence-electron chi connectivity index (χ1n) is 7.71. The molecule has 0 aliphatic heterocycles. The molecule has 21 heavy (non-hydrogen) atoms. The molecule has 1 atom stereocenters. The third-order valence-electron chi connectivity index (χ3n) is 3.61. The van der Waals surface area contributed by atoms with Crippen LogP contribution in [0.15, 0.2) is 24.3 Å². The number of nitrogens with one attached hydrogen (secondary N) is 1. The van der Waals surface area contributed by atoms with E-state index in [0.29, 0.717) is 5.92 Å². The number of carbonyl (C=O) groups is 1. The Bertz CT molecular complexity index is 455. The Labute approximate surface area is 128 Å². The number of aliphatic hydroxyl groups is 1. The Kier molecular flexibility index (Phi) is 5.97. The molecule has 2 N–H and O–H groups in total. The Morgan fingerprint density at radius 2 is 1.57 bits per heavy atom. The van der Waals surface area contributed by atoms with Crippen LogP contribution in [-0.2, 0) is 4.79 Å². The van der Waals surface area contributed by atoms with Crippen molar-refractivity contribution < 1.29 is 9.90 Å². The van der Waals surface area contributed by atoms with Gasteiger partial charge in [-0.2, -0.15) is 0 Å². The molecule has 0 saturated heterocycles. The molecule has 0 saturated carbocycles. The van der Waals surface area contributed by atoms with Crippen LogP contribution in [0.25, 0.3) is 0 Å². The minimum Gasteiger partial charge on any atom is -0.389 e. The first-order chi connectivity index (χ1) is 9.61. The van der Waals surface area contributed by atoms with E-state index in [1.54, 1.807) is 13.8 Å². The van der Waals surface area contributed by atoms with Crippen molar-refractivity contribution in [2.45, 2.75) is 59.0 Å². The van der Waals surface area contributed by atoms with Crippen LogP contribution in [0.1, 0.15) is 64.5 Å². The second kappa shape index (κ2) is 7.08. The lowest BCUT2D eigenvalue weighted by Gasteiger charge is -2.24. The molecule has 118 valence electrons. The number of benzene rings is 1. The number of carbonyl (C=O) groups excluding carboxylic acids is 1. The van der Waals surface area contributed by atoms with E-state index in [9.17, 15) is 9.90 Å². The van der Waals surface area contributed by atoms with Crippen molar-refractivity contribution >= 4 is 5.91 Å². The Balaban J connectivity index is 2.88. The highest BCUT2D eigenvalue weighted by Gasteiger charge is 2.25. The lowest BCUT2D eigenvalue weighted by Crippen LogP contribution is -2.41. The second-order valence-electron chi connectivity index (χ2n) is 7.07. The molecule has 0 aromatic heterocycles. The van der Waals surface area contributed by atoms with Gasteiger partial charge in [0.05, 0.1) is 11.5 Å². The Morgan fingerprint density at radius 1 is 1.10 bits per heavy atom. The van der Waals surface area contributed by atoms with Gasteiger partial charge >= 0.3 is 0 Å². The molecule has 0 spiro atoms. The zero-order chi connectivity index (χ0) is 16.2. The van der Waals surface area contributed by atoms with Crippen molar-refractivity contribution in [3.05, 3.63) is 35.4 Å². The molecule has 1 rings (SSSR count). The highest BCUT2D eigenvalue weighted by atomic mass is 16.3. The summed E-state index contributed by atoms with van der Waals surface area (Å²) in [7, 11) is 0. The van der Waals surface area contributed by atoms with Gasteiger partial charge in [0.25, 0.3) is 0 Å². The summed E-state index contributed by atoms with van der Waals surface area (Å²) in [6.07, 6.45) is 0. The number of hydrogen-bond acceptors (Lipinski definition) is 2. The first-order valence-corrected chi connectivity index (χ1v) is 7.71. The number of rotatable bonds is 6. The predicted octanol–water partition coefficient (Wildman–Crippen LogP) is 3.44. The summed E-state index contributed by atoms with van der Waals surface area (Å²) >= 11 is 0. The maximum atomic E-state index is 12.4. The fourth-order valence-electron chi connectivity index (χ4n) is 2.34. The predicted molar refractivity (Wildman–Crippen MR) is 87.4 cm³/mol. The monoisotopic (exact) mass is 291 g/mol. The second-order valence-corrected chi connectivity index (χ2v) is 7.07. The van der Waals surface area contributed by atoms with Crippen LogP contribution in [0.3, 0.4) is 0 Å². The topological polar surface area (TPSA) is 49.3 Å². The normalized spacial score (nSPS) is 13.6. The smallest absolute Gasteiger partial charge is 0.227 e. The van der Waals surface area contributed by atoms with Gasteiger partial charge < -0.3 is 10.4 Å². The van der Waals surface area contributed by atoms with Gasteiger partial charge in [-0.1, -0.05) is 52.0 Å². The van der Waals surface area contributed by atoms with Crippen molar-refractivity contribution in [1.82, 2.24) is 5.32 Å². The van der Waals surface area contributed by atoms with Crippen LogP contribution in [0.4, 0.5) is 0 Å². The van der Waals surface area contributed by atoms with Gasteiger partial charge in [-0.3, -0.25) is 4.79 Å². The van der Waals surface area contributed by atoms with Gasteiger partial charge in [0.15, 0.2) is 0 Å². The van der Waals surface area contributed by atoms with E-state index in [0.717, 1.165) is 5.56 Å². The lowest BCUT2D eigenvalue weighted by molar-refractivity contribution is -0.124. The van der Waals surface area contributed by atoms with Gasteiger partial charge in [0.1, 0.15) is 0 Å². The lowest BCUT2D eigenvalue weighted by atomic mass is 9.86. The van der Waals surface area contributed by atoms with E-state index < -0.39 is 5.60 Å². The van der Waals surface area contributed by atoms with E-state index >= 15 is 0 Å². The summed E-state index contributed by atoms with van der Waals surface area (Å²) in [6.45, 7) is 12.1. The van der Waals surface area contributed by atoms with E-state index in [-0.39, 0.29) is 24.3 Å². The number of hydrogen-bond donors (Lipinski definition) is 2. The summed E-state index contributed by atoms with van der Waals surface area (Å²) in [4.78, 5) is 12.4. The van der Waals surface area contributed by atoms with Crippen LogP contribution < -0.4 is 5.32 Å². The number of amides is 1. The molecule has 0 aliphatic carbocycles. The van der Waals surface area contributed by atoms with Crippen LogP contribution >= 0.6 is 0 Å². The van der Waals surface area contributed by atoms with Gasteiger partial charge in [-0.15, -0.1) is 0 Å². The molecule has 0 radical (unpaired) electrons. The third-order valence-corrected chi connectivity index (χ3v) is 3.61. The van der Waals surface area contributed by atoms with E-state index in [2.05, 4.69) is 31.3 Å². The fourth-order valence-corrected chi connectivity index (χ4v) is 2.34. The van der Waals surface area contributed by atoms with Crippen LogP contribution in [-0.4, -0.2) is 23.2 Å². The zero-order valence-electron chi connectivity index (χ0n) is 14.1. The highest BCUT2D eigenvalue weighted by molar-refractivity contribution is 5.84. The summed E-state index contributed by atoms with van der Waals surface area (Å²) in [6, 6.07) is 8.28. The molecule has 0 aliphatic rings. The molecule has 1 aromatic carbocycles. The average molecular weight is 291 g/mol. The van der Waals surface area contributed by atoms with Gasteiger partial charge in [0.2, 0.25) is 5.91 Å². The molecule has 1 amide bonds. The summed E-state index contributed by atoms with van der Waals surface area (Å²) in [5.74, 6) is 0.482. The summed E-state index contributed by atoms with van der Waals surface area (Å²) < 4.78 is 0. The van der Waals surface area contributed by atoms with E-state index in [1.165, 1.54) is 5.56 Å². The van der Waals surface area contributed by atoms with Crippen molar-refractivity contribution in [2.24, 2.45) is 5.92 Å². The molecule has 3 heteroatoms. The van der Waals surface area contributed by atoms with Crippen LogP contribution in [0.5, 0.6) is 0 Å². The summed E-state index contributed by atoms with van der Waals surface area (Å²) in [5.41, 5.74) is 1.42. The Hall–Kier alpha value is -1.35. The van der Waals surface area contributed by atoms with Crippen molar-refractivity contribution in [1.29, 1.82) is 0 Å². The molecule has 1 unspecified atom stereocenters. The highest BCUT2D eigenvalue weighted by Crippen LogP contribution is 2.26. The quantitative estimate of drug-likeness (QED) is 0.843. The molecular formula is C18H29NO2. The molecule has 1 aromatic rings. The zero-order valence-corrected chi connectivity index (χ0v) is 14.1. The minimum absolute atomic E-state index is 0.0237. The van der Waals surface area contributed by atoms with E-state index in [1.807, 2.05) is 26.0 Å². The van der Waals surface area contributed by atoms with Crippen molar-refractivity contribution in [2.75, 3.05) is 6.54 Å². The fraction of sp³-hybridized carbons (Fsp3) is 0.611. The minimum atomic E-state index is -0.890. The van der Waals surface area contributed by atoms with Crippen LogP contribution in [0.2, 0.25) is 0 Å². The first kappa shape index (κ1) is 17.7. The van der Waals surface area contributed by atoms with Gasteiger partial charge in [-0.25, -0.2) is 0 Å². The molecule has 0 fully saturated rings. The largest absolute Gasteiger partial charge is 0.389 e. The maximum Gasteiger partial charge on any atom is 0.227 e. The molecular weight excluding hydrogens is 262 g/mol. The average Bonchev–Trinajstić information content (AvgIpc) is 2.36.